The van der Waals surface area contributed by atoms with Gasteiger partial charge in [0.2, 0.25) is 5.91 Å². The predicted molar refractivity (Wildman–Crippen MR) is 111 cm³/mol. The van der Waals surface area contributed by atoms with Crippen LogP contribution >= 0.6 is 0 Å². The van der Waals surface area contributed by atoms with Gasteiger partial charge >= 0.3 is 0 Å². The third-order valence-electron chi connectivity index (χ3n) is 4.64. The Morgan fingerprint density at radius 2 is 1.72 bits per heavy atom. The number of hydrogen-bond acceptors (Lipinski definition) is 4. The van der Waals surface area contributed by atoms with Crippen molar-refractivity contribution >= 4 is 11.7 Å². The molecule has 29 heavy (non-hydrogen) atoms. The van der Waals surface area contributed by atoms with Crippen molar-refractivity contribution in [3.05, 3.63) is 73.2 Å². The monoisotopic (exact) mass is 387 g/mol. The lowest BCUT2D eigenvalue weighted by molar-refractivity contribution is -0.116. The Balaban J connectivity index is 1.51. The second-order valence-electron chi connectivity index (χ2n) is 6.57. The predicted octanol–water partition coefficient (Wildman–Crippen LogP) is 3.60. The summed E-state index contributed by atoms with van der Waals surface area (Å²) in [6, 6.07) is 17.5. The van der Waals surface area contributed by atoms with Gasteiger partial charge in [-0.25, -0.2) is 0 Å². The first kappa shape index (κ1) is 18.5. The molecule has 4 rings (SSSR count). The molecule has 0 fully saturated rings. The van der Waals surface area contributed by atoms with E-state index in [0.717, 1.165) is 28.0 Å². The minimum absolute atomic E-state index is 0.0918. The van der Waals surface area contributed by atoms with Crippen molar-refractivity contribution in [2.75, 3.05) is 12.4 Å². The number of ether oxygens (including phenoxy) is 1. The van der Waals surface area contributed by atoms with Crippen molar-refractivity contribution in [3.63, 3.8) is 0 Å². The largest absolute Gasteiger partial charge is 0.496 e. The van der Waals surface area contributed by atoms with Crippen molar-refractivity contribution in [3.8, 4) is 28.0 Å². The van der Waals surface area contributed by atoms with Crippen LogP contribution in [-0.2, 0) is 18.4 Å². The number of amides is 1. The van der Waals surface area contributed by atoms with Gasteiger partial charge in [0.1, 0.15) is 18.1 Å². The van der Waals surface area contributed by atoms with Gasteiger partial charge < -0.3 is 10.1 Å². The van der Waals surface area contributed by atoms with Gasteiger partial charge in [-0.1, -0.05) is 48.5 Å². The summed E-state index contributed by atoms with van der Waals surface area (Å²) in [4.78, 5) is 12.6. The smallest absolute Gasteiger partial charge is 0.247 e. The number of benzene rings is 2. The summed E-state index contributed by atoms with van der Waals surface area (Å²) < 4.78 is 8.67. The van der Waals surface area contributed by atoms with E-state index in [1.807, 2.05) is 60.8 Å². The highest BCUT2D eigenvalue weighted by molar-refractivity contribution is 5.94. The molecule has 7 heteroatoms. The van der Waals surface area contributed by atoms with Gasteiger partial charge in [-0.05, 0) is 11.6 Å². The Labute approximate surface area is 168 Å². The first-order chi connectivity index (χ1) is 14.2. The highest BCUT2D eigenvalue weighted by atomic mass is 16.5. The molecule has 0 spiro atoms. The molecule has 0 aliphatic rings. The number of methoxy groups -OCH3 is 1. The van der Waals surface area contributed by atoms with Gasteiger partial charge in [-0.2, -0.15) is 10.2 Å². The minimum atomic E-state index is -0.180. The van der Waals surface area contributed by atoms with Gasteiger partial charge in [0.15, 0.2) is 0 Å². The van der Waals surface area contributed by atoms with Crippen molar-refractivity contribution in [2.45, 2.75) is 6.54 Å². The molecule has 0 saturated heterocycles. The molecule has 2 heterocycles. The molecule has 1 N–H and O–H groups in total. The topological polar surface area (TPSA) is 74.0 Å². The fraction of sp³-hybridized carbons (Fsp3) is 0.136. The molecule has 0 aliphatic carbocycles. The lowest BCUT2D eigenvalue weighted by Crippen LogP contribution is -2.21. The number of hydrogen-bond donors (Lipinski definition) is 1. The Morgan fingerprint density at radius 3 is 2.52 bits per heavy atom. The van der Waals surface area contributed by atoms with Crippen molar-refractivity contribution in [1.82, 2.24) is 19.6 Å². The number of nitrogens with one attached hydrogen (secondary N) is 1. The Bertz CT molecular complexity index is 1130. The molecule has 2 aromatic heterocycles. The highest BCUT2D eigenvalue weighted by Gasteiger charge is 2.15. The molecule has 0 aliphatic heterocycles. The fourth-order valence-electron chi connectivity index (χ4n) is 3.21. The van der Waals surface area contributed by atoms with Gasteiger partial charge in [-0.15, -0.1) is 0 Å². The number of aromatic nitrogens is 4. The van der Waals surface area contributed by atoms with Crippen molar-refractivity contribution in [2.24, 2.45) is 7.05 Å². The van der Waals surface area contributed by atoms with E-state index in [2.05, 4.69) is 15.5 Å². The molecule has 0 radical (unpaired) electrons. The van der Waals surface area contributed by atoms with E-state index in [-0.39, 0.29) is 12.5 Å². The van der Waals surface area contributed by atoms with Crippen molar-refractivity contribution < 1.29 is 9.53 Å². The zero-order chi connectivity index (χ0) is 20.2. The van der Waals surface area contributed by atoms with Crippen LogP contribution in [0.15, 0.2) is 73.2 Å². The molecule has 0 bridgehead atoms. The van der Waals surface area contributed by atoms with Gasteiger partial charge in [0.05, 0.1) is 19.5 Å². The maximum absolute atomic E-state index is 12.6. The Morgan fingerprint density at radius 1 is 0.966 bits per heavy atom. The Hall–Kier alpha value is -3.87. The number of aryl methyl sites for hydroxylation is 1. The quantitative estimate of drug-likeness (QED) is 0.549. The van der Waals surface area contributed by atoms with Crippen LogP contribution in [0, 0.1) is 0 Å². The summed E-state index contributed by atoms with van der Waals surface area (Å²) in [6.07, 6.45) is 5.31. The highest BCUT2D eigenvalue weighted by Crippen LogP contribution is 2.29. The van der Waals surface area contributed by atoms with Gasteiger partial charge in [0.25, 0.3) is 0 Å². The van der Waals surface area contributed by atoms with Crippen LogP contribution < -0.4 is 10.1 Å². The van der Waals surface area contributed by atoms with Crippen LogP contribution in [0.25, 0.3) is 22.3 Å². The van der Waals surface area contributed by atoms with Crippen molar-refractivity contribution in [1.29, 1.82) is 0 Å². The fourth-order valence-corrected chi connectivity index (χ4v) is 3.21. The van der Waals surface area contributed by atoms with Crippen LogP contribution in [0.1, 0.15) is 0 Å². The molecule has 4 aromatic rings. The van der Waals surface area contributed by atoms with Crippen LogP contribution in [0.5, 0.6) is 5.75 Å². The summed E-state index contributed by atoms with van der Waals surface area (Å²) >= 11 is 0. The molecule has 146 valence electrons. The number of carbonyl (C=O) groups is 1. The Kier molecular flexibility index (Phi) is 5.11. The molecular formula is C22H21N5O2. The normalized spacial score (nSPS) is 10.7. The average molecular weight is 387 g/mol. The maximum Gasteiger partial charge on any atom is 0.247 e. The molecule has 0 unspecified atom stereocenters. The molecule has 0 atom stereocenters. The molecule has 1 amide bonds. The standard InChI is InChI=1S/C22H21N5O2/c1-26-22(19(13-23-26)16-8-4-3-5-9-16)25-21(28)15-27-14-17(12-24-27)18-10-6-7-11-20(18)29-2/h3-14H,15H2,1-2H3,(H,25,28). The zero-order valence-corrected chi connectivity index (χ0v) is 16.2. The van der Waals surface area contributed by atoms with Gasteiger partial charge in [-0.3, -0.25) is 14.2 Å². The second kappa shape index (κ2) is 8.02. The number of para-hydroxylation sites is 1. The second-order valence-corrected chi connectivity index (χ2v) is 6.57. The van der Waals surface area contributed by atoms with E-state index in [1.165, 1.54) is 0 Å². The zero-order valence-electron chi connectivity index (χ0n) is 16.2. The number of nitrogens with zero attached hydrogens (tertiary/aromatic N) is 4. The maximum atomic E-state index is 12.6. The SMILES string of the molecule is COc1ccccc1-c1cnn(CC(=O)Nc2c(-c3ccccc3)cnn2C)c1. The number of anilines is 1. The van der Waals surface area contributed by atoms with E-state index in [0.29, 0.717) is 5.82 Å². The minimum Gasteiger partial charge on any atom is -0.496 e. The average Bonchev–Trinajstić information content (AvgIpc) is 3.35. The van der Waals surface area contributed by atoms with Crippen LogP contribution in [0.3, 0.4) is 0 Å². The van der Waals surface area contributed by atoms with E-state index in [4.69, 9.17) is 4.74 Å². The van der Waals surface area contributed by atoms with Crippen LogP contribution in [-0.4, -0.2) is 32.6 Å². The van der Waals surface area contributed by atoms with E-state index >= 15 is 0 Å². The third kappa shape index (κ3) is 3.89. The number of rotatable bonds is 6. The lowest BCUT2D eigenvalue weighted by Gasteiger charge is -2.09. The number of carbonyl (C=O) groups excluding carboxylic acids is 1. The third-order valence-corrected chi connectivity index (χ3v) is 4.64. The van der Waals surface area contributed by atoms with Gasteiger partial charge in [0, 0.05) is 29.9 Å². The summed E-state index contributed by atoms with van der Waals surface area (Å²) in [7, 11) is 3.44. The first-order valence-corrected chi connectivity index (χ1v) is 9.19. The lowest BCUT2D eigenvalue weighted by atomic mass is 10.1. The molecule has 2 aromatic carbocycles. The van der Waals surface area contributed by atoms with Crippen LogP contribution in [0.4, 0.5) is 5.82 Å². The van der Waals surface area contributed by atoms with E-state index in [9.17, 15) is 4.79 Å². The van der Waals surface area contributed by atoms with Crippen LogP contribution in [0.2, 0.25) is 0 Å². The first-order valence-electron chi connectivity index (χ1n) is 9.19. The molecular weight excluding hydrogens is 366 g/mol. The van der Waals surface area contributed by atoms with E-state index < -0.39 is 0 Å². The summed E-state index contributed by atoms with van der Waals surface area (Å²) in [5.41, 5.74) is 3.69. The molecule has 0 saturated carbocycles. The summed E-state index contributed by atoms with van der Waals surface area (Å²) in [5.74, 6) is 1.23. The summed E-state index contributed by atoms with van der Waals surface area (Å²) in [6.45, 7) is 0.0918. The summed E-state index contributed by atoms with van der Waals surface area (Å²) in [5, 5.41) is 11.6. The molecule has 7 nitrogen and oxygen atoms in total. The van der Waals surface area contributed by atoms with E-state index in [1.54, 1.807) is 35.9 Å².